The number of benzene rings is 1. The van der Waals surface area contributed by atoms with Gasteiger partial charge in [0.05, 0.1) is 5.02 Å². The van der Waals surface area contributed by atoms with Crippen LogP contribution < -0.4 is 0 Å². The van der Waals surface area contributed by atoms with E-state index in [0.29, 0.717) is 21.6 Å². The molecule has 0 fully saturated rings. The van der Waals surface area contributed by atoms with E-state index < -0.39 is 0 Å². The molecule has 0 saturated heterocycles. The third-order valence-corrected chi connectivity index (χ3v) is 4.85. The topological polar surface area (TPSA) is 56.2 Å². The molecule has 0 aliphatic rings. The molecule has 0 saturated carbocycles. The zero-order valence-electron chi connectivity index (χ0n) is 12.0. The van der Waals surface area contributed by atoms with Crippen LogP contribution in [0, 0.1) is 0 Å². The van der Waals surface area contributed by atoms with Crippen LogP contribution in [-0.2, 0) is 6.42 Å². The average Bonchev–Trinajstić information content (AvgIpc) is 3.21. The van der Waals surface area contributed by atoms with E-state index in [2.05, 4.69) is 15.3 Å². The smallest absolute Gasteiger partial charge is 0.235 e. The number of hydrogen-bond acceptors (Lipinski definition) is 5. The molecule has 23 heavy (non-hydrogen) atoms. The molecule has 8 heteroatoms. The maximum atomic E-state index is 6.23. The van der Waals surface area contributed by atoms with Gasteiger partial charge in [-0.15, -0.1) is 15.3 Å². The minimum absolute atomic E-state index is 0.546. The second kappa shape index (κ2) is 5.63. The molecule has 3 heterocycles. The molecule has 0 radical (unpaired) electrons. The molecule has 0 unspecified atom stereocenters. The Morgan fingerprint density at radius 2 is 1.96 bits per heavy atom. The lowest BCUT2D eigenvalue weighted by atomic mass is 10.2. The highest BCUT2D eigenvalue weighted by Crippen LogP contribution is 2.35. The van der Waals surface area contributed by atoms with Crippen LogP contribution in [-0.4, -0.2) is 19.8 Å². The second-order valence-electron chi connectivity index (χ2n) is 4.86. The highest BCUT2D eigenvalue weighted by Gasteiger charge is 2.16. The predicted molar refractivity (Wildman–Crippen MR) is 91.2 cm³/mol. The van der Waals surface area contributed by atoms with Crippen molar-refractivity contribution in [1.82, 2.24) is 19.8 Å². The number of hydrogen-bond donors (Lipinski definition) is 0. The Hall–Kier alpha value is -1.89. The summed E-state index contributed by atoms with van der Waals surface area (Å²) in [6.45, 7) is 2.02. The Morgan fingerprint density at radius 1 is 1.13 bits per heavy atom. The first-order valence-corrected chi connectivity index (χ1v) is 8.49. The van der Waals surface area contributed by atoms with Crippen LogP contribution in [0.25, 0.3) is 27.1 Å². The van der Waals surface area contributed by atoms with Crippen molar-refractivity contribution in [2.75, 3.05) is 0 Å². The minimum Gasteiger partial charge on any atom is -0.453 e. The van der Waals surface area contributed by atoms with E-state index in [4.69, 9.17) is 27.6 Å². The predicted octanol–water partition coefficient (Wildman–Crippen LogP) is 4.98. The fraction of sp³-hybridized carbons (Fsp3) is 0.133. The number of nitrogens with zero attached hydrogens (tertiary/aromatic N) is 4. The van der Waals surface area contributed by atoms with Crippen LogP contribution in [0.15, 0.2) is 34.7 Å². The molecule has 3 aromatic heterocycles. The summed E-state index contributed by atoms with van der Waals surface area (Å²) in [6, 6.07) is 9.05. The molecular weight excluding hydrogens is 355 g/mol. The Kier molecular flexibility index (Phi) is 3.60. The zero-order valence-corrected chi connectivity index (χ0v) is 14.3. The summed E-state index contributed by atoms with van der Waals surface area (Å²) in [7, 11) is 0. The lowest BCUT2D eigenvalue weighted by Gasteiger charge is -2.00. The van der Waals surface area contributed by atoms with Crippen LogP contribution in [0.5, 0.6) is 0 Å². The Labute approximate surface area is 145 Å². The van der Waals surface area contributed by atoms with Gasteiger partial charge in [-0.2, -0.15) is 4.52 Å². The van der Waals surface area contributed by atoms with E-state index in [1.165, 1.54) is 11.3 Å². The summed E-state index contributed by atoms with van der Waals surface area (Å²) in [4.78, 5) is 0.749. The Morgan fingerprint density at radius 3 is 2.74 bits per heavy atom. The van der Waals surface area contributed by atoms with Crippen molar-refractivity contribution in [3.8, 4) is 22.1 Å². The maximum Gasteiger partial charge on any atom is 0.235 e. The van der Waals surface area contributed by atoms with E-state index >= 15 is 0 Å². The summed E-state index contributed by atoms with van der Waals surface area (Å²) < 4.78 is 7.66. The summed E-state index contributed by atoms with van der Waals surface area (Å²) in [5.41, 5.74) is 0.791. The zero-order chi connectivity index (χ0) is 16.0. The van der Waals surface area contributed by atoms with E-state index in [1.54, 1.807) is 16.6 Å². The van der Waals surface area contributed by atoms with Gasteiger partial charge in [-0.05, 0) is 30.3 Å². The lowest BCUT2D eigenvalue weighted by molar-refractivity contribution is 0.595. The van der Waals surface area contributed by atoms with Crippen molar-refractivity contribution < 1.29 is 4.42 Å². The summed E-state index contributed by atoms with van der Waals surface area (Å²) in [6.07, 6.45) is 0.772. The number of aromatic nitrogens is 4. The lowest BCUT2D eigenvalue weighted by Crippen LogP contribution is -1.92. The molecular formula is C15H10Cl2N4OS. The van der Waals surface area contributed by atoms with Gasteiger partial charge in [0.1, 0.15) is 5.76 Å². The van der Waals surface area contributed by atoms with Crippen LogP contribution in [0.4, 0.5) is 0 Å². The van der Waals surface area contributed by atoms with Crippen LogP contribution in [0.3, 0.4) is 0 Å². The van der Waals surface area contributed by atoms with E-state index in [0.717, 1.165) is 27.8 Å². The van der Waals surface area contributed by atoms with Gasteiger partial charge in [-0.25, -0.2) is 0 Å². The molecule has 0 amide bonds. The fourth-order valence-corrected chi connectivity index (χ4v) is 3.59. The SMILES string of the molecule is CCc1nnc2sc(-c3ccc(-c4ccc(Cl)cc4Cl)o3)nn12. The molecule has 0 aliphatic carbocycles. The first kappa shape index (κ1) is 14.7. The fourth-order valence-electron chi connectivity index (χ4n) is 2.26. The normalized spacial score (nSPS) is 11.4. The summed E-state index contributed by atoms with van der Waals surface area (Å²) in [5, 5.41) is 14.6. The van der Waals surface area contributed by atoms with Gasteiger partial charge in [0.2, 0.25) is 4.96 Å². The van der Waals surface area contributed by atoms with E-state index in [1.807, 2.05) is 25.1 Å². The first-order chi connectivity index (χ1) is 11.2. The quantitative estimate of drug-likeness (QED) is 0.514. The highest BCUT2D eigenvalue weighted by molar-refractivity contribution is 7.19. The van der Waals surface area contributed by atoms with Gasteiger partial charge in [-0.3, -0.25) is 0 Å². The molecule has 5 nitrogen and oxygen atoms in total. The van der Waals surface area contributed by atoms with Crippen LogP contribution >= 0.6 is 34.5 Å². The van der Waals surface area contributed by atoms with Crippen molar-refractivity contribution in [2.24, 2.45) is 0 Å². The van der Waals surface area contributed by atoms with Gasteiger partial charge in [0.25, 0.3) is 0 Å². The minimum atomic E-state index is 0.546. The Bertz CT molecular complexity index is 1000. The molecule has 0 aliphatic heterocycles. The number of halogens is 2. The van der Waals surface area contributed by atoms with Crippen molar-refractivity contribution in [2.45, 2.75) is 13.3 Å². The number of furan rings is 1. The van der Waals surface area contributed by atoms with Crippen molar-refractivity contribution >= 4 is 39.5 Å². The van der Waals surface area contributed by atoms with Gasteiger partial charge >= 0.3 is 0 Å². The Balaban J connectivity index is 1.75. The summed E-state index contributed by atoms with van der Waals surface area (Å²) in [5.74, 6) is 2.17. The molecule has 0 spiro atoms. The first-order valence-electron chi connectivity index (χ1n) is 6.92. The van der Waals surface area contributed by atoms with E-state index in [9.17, 15) is 0 Å². The number of aryl methyl sites for hydroxylation is 1. The molecule has 116 valence electrons. The maximum absolute atomic E-state index is 6.23. The van der Waals surface area contributed by atoms with Crippen molar-refractivity contribution in [3.63, 3.8) is 0 Å². The van der Waals surface area contributed by atoms with Crippen molar-refractivity contribution in [1.29, 1.82) is 0 Å². The second-order valence-corrected chi connectivity index (χ2v) is 6.66. The highest BCUT2D eigenvalue weighted by atomic mass is 35.5. The van der Waals surface area contributed by atoms with Crippen molar-refractivity contribution in [3.05, 3.63) is 46.2 Å². The number of rotatable bonds is 3. The molecule has 0 atom stereocenters. The van der Waals surface area contributed by atoms with Crippen LogP contribution in [0.1, 0.15) is 12.7 Å². The van der Waals surface area contributed by atoms with Gasteiger partial charge in [0, 0.05) is 17.0 Å². The molecule has 1 aromatic carbocycles. The number of fused-ring (bicyclic) bond motifs is 1. The van der Waals surface area contributed by atoms with Crippen LogP contribution in [0.2, 0.25) is 10.0 Å². The molecule has 4 rings (SSSR count). The van der Waals surface area contributed by atoms with E-state index in [-0.39, 0.29) is 0 Å². The molecule has 4 aromatic rings. The monoisotopic (exact) mass is 364 g/mol. The molecule has 0 bridgehead atoms. The average molecular weight is 365 g/mol. The third kappa shape index (κ3) is 2.52. The third-order valence-electron chi connectivity index (χ3n) is 3.39. The largest absolute Gasteiger partial charge is 0.453 e. The standard InChI is InChI=1S/C15H10Cl2N4OS/c1-2-13-18-19-15-21(13)20-14(23-15)12-6-5-11(22-12)9-4-3-8(16)7-10(9)17/h3-7H,2H2,1H3. The van der Waals surface area contributed by atoms with Gasteiger partial charge < -0.3 is 4.42 Å². The van der Waals surface area contributed by atoms with Gasteiger partial charge in [0.15, 0.2) is 16.6 Å². The van der Waals surface area contributed by atoms with Gasteiger partial charge in [-0.1, -0.05) is 41.5 Å². The summed E-state index contributed by atoms with van der Waals surface area (Å²) >= 11 is 13.6. The molecule has 0 N–H and O–H groups in total.